The fraction of sp³-hybridized carbons (Fsp3) is 0.500. The Hall–Kier alpha value is -1.89. The van der Waals surface area contributed by atoms with Crippen LogP contribution in [0.3, 0.4) is 0 Å². The second kappa shape index (κ2) is 6.70. The summed E-state index contributed by atoms with van der Waals surface area (Å²) in [6, 6.07) is 6.60. The van der Waals surface area contributed by atoms with Gasteiger partial charge < -0.3 is 10.4 Å². The second-order valence-electron chi connectivity index (χ2n) is 6.29. The molecule has 0 unspecified atom stereocenters. The van der Waals surface area contributed by atoms with E-state index in [1.807, 2.05) is 0 Å². The number of carboxylic acid groups (broad SMARTS) is 1. The smallest absolute Gasteiger partial charge is 0.310 e. The van der Waals surface area contributed by atoms with E-state index in [9.17, 15) is 23.1 Å². The SMILES string of the molecule is CS(=O)(=O)Cc1cccc(NC(=O)CC2(C(=O)O)CCCC2)c1. The molecule has 1 aromatic rings. The van der Waals surface area contributed by atoms with Gasteiger partial charge in [-0.15, -0.1) is 0 Å². The zero-order chi connectivity index (χ0) is 17.1. The van der Waals surface area contributed by atoms with Gasteiger partial charge in [0.05, 0.1) is 11.2 Å². The van der Waals surface area contributed by atoms with Crippen molar-refractivity contribution < 1.29 is 23.1 Å². The van der Waals surface area contributed by atoms with Crippen LogP contribution in [0.25, 0.3) is 0 Å². The predicted octanol–water partition coefficient (Wildman–Crippen LogP) is 2.20. The number of hydrogen-bond donors (Lipinski definition) is 2. The van der Waals surface area contributed by atoms with Crippen LogP contribution in [-0.4, -0.2) is 31.7 Å². The van der Waals surface area contributed by atoms with Crippen LogP contribution in [0.1, 0.15) is 37.7 Å². The molecule has 1 aliphatic rings. The summed E-state index contributed by atoms with van der Waals surface area (Å²) in [4.78, 5) is 23.7. The van der Waals surface area contributed by atoms with Gasteiger partial charge in [0.25, 0.3) is 0 Å². The number of benzene rings is 1. The summed E-state index contributed by atoms with van der Waals surface area (Å²) in [5, 5.41) is 12.1. The van der Waals surface area contributed by atoms with E-state index < -0.39 is 21.2 Å². The van der Waals surface area contributed by atoms with Crippen molar-refractivity contribution in [2.24, 2.45) is 5.41 Å². The van der Waals surface area contributed by atoms with Crippen molar-refractivity contribution in [3.05, 3.63) is 29.8 Å². The Morgan fingerprint density at radius 3 is 2.48 bits per heavy atom. The van der Waals surface area contributed by atoms with E-state index in [1.54, 1.807) is 24.3 Å². The van der Waals surface area contributed by atoms with Gasteiger partial charge in [-0.3, -0.25) is 9.59 Å². The molecule has 0 radical (unpaired) electrons. The highest BCUT2D eigenvalue weighted by molar-refractivity contribution is 7.89. The lowest BCUT2D eigenvalue weighted by Gasteiger charge is -2.22. The largest absolute Gasteiger partial charge is 0.481 e. The van der Waals surface area contributed by atoms with Crippen molar-refractivity contribution in [2.75, 3.05) is 11.6 Å². The van der Waals surface area contributed by atoms with E-state index in [4.69, 9.17) is 0 Å². The van der Waals surface area contributed by atoms with Crippen molar-refractivity contribution >= 4 is 27.4 Å². The Labute approximate surface area is 135 Å². The Balaban J connectivity index is 2.05. The normalized spacial score (nSPS) is 16.9. The van der Waals surface area contributed by atoms with Gasteiger partial charge in [-0.05, 0) is 30.5 Å². The molecule has 23 heavy (non-hydrogen) atoms. The fourth-order valence-corrected chi connectivity index (χ4v) is 3.86. The number of carbonyl (C=O) groups excluding carboxylic acids is 1. The highest BCUT2D eigenvalue weighted by atomic mass is 32.2. The Bertz CT molecular complexity index is 705. The quantitative estimate of drug-likeness (QED) is 0.827. The van der Waals surface area contributed by atoms with E-state index in [0.717, 1.165) is 19.1 Å². The summed E-state index contributed by atoms with van der Waals surface area (Å²) in [7, 11) is -3.15. The molecule has 2 N–H and O–H groups in total. The Morgan fingerprint density at radius 1 is 1.26 bits per heavy atom. The summed E-state index contributed by atoms with van der Waals surface area (Å²) in [5.74, 6) is -1.38. The number of anilines is 1. The molecule has 1 aromatic carbocycles. The molecule has 0 aliphatic heterocycles. The molecule has 0 atom stereocenters. The topological polar surface area (TPSA) is 101 Å². The van der Waals surface area contributed by atoms with Crippen LogP contribution in [-0.2, 0) is 25.2 Å². The van der Waals surface area contributed by atoms with E-state index in [1.165, 1.54) is 0 Å². The van der Waals surface area contributed by atoms with Gasteiger partial charge in [0, 0.05) is 18.4 Å². The van der Waals surface area contributed by atoms with Gasteiger partial charge in [-0.2, -0.15) is 0 Å². The molecule has 7 heteroatoms. The molecule has 1 aliphatic carbocycles. The molecule has 0 saturated heterocycles. The zero-order valence-electron chi connectivity index (χ0n) is 13.0. The first-order valence-electron chi connectivity index (χ1n) is 7.50. The minimum Gasteiger partial charge on any atom is -0.481 e. The molecule has 0 aromatic heterocycles. The number of amides is 1. The maximum atomic E-state index is 12.2. The standard InChI is InChI=1S/C16H21NO5S/c1-23(21,22)11-12-5-4-6-13(9-12)17-14(18)10-16(15(19)20)7-2-3-8-16/h4-6,9H,2-3,7-8,10-11H2,1H3,(H,17,18)(H,19,20). The van der Waals surface area contributed by atoms with Crippen molar-refractivity contribution in [2.45, 2.75) is 37.9 Å². The van der Waals surface area contributed by atoms with Crippen LogP contribution < -0.4 is 5.32 Å². The van der Waals surface area contributed by atoms with Crippen LogP contribution in [0, 0.1) is 5.41 Å². The van der Waals surface area contributed by atoms with Gasteiger partial charge in [0.1, 0.15) is 0 Å². The van der Waals surface area contributed by atoms with E-state index in [2.05, 4.69) is 5.32 Å². The number of hydrogen-bond acceptors (Lipinski definition) is 4. The summed E-state index contributed by atoms with van der Waals surface area (Å²) in [6.07, 6.45) is 3.77. The molecule has 1 amide bonds. The number of nitrogens with one attached hydrogen (secondary N) is 1. The average Bonchev–Trinajstić information content (AvgIpc) is 2.86. The van der Waals surface area contributed by atoms with E-state index in [-0.39, 0.29) is 18.1 Å². The van der Waals surface area contributed by atoms with Crippen molar-refractivity contribution in [3.8, 4) is 0 Å². The highest BCUT2D eigenvalue weighted by Crippen LogP contribution is 2.41. The van der Waals surface area contributed by atoms with Crippen LogP contribution in [0.2, 0.25) is 0 Å². The zero-order valence-corrected chi connectivity index (χ0v) is 13.9. The average molecular weight is 339 g/mol. The van der Waals surface area contributed by atoms with Crippen LogP contribution in [0.4, 0.5) is 5.69 Å². The van der Waals surface area contributed by atoms with Crippen LogP contribution >= 0.6 is 0 Å². The molecule has 6 nitrogen and oxygen atoms in total. The molecule has 1 fully saturated rings. The molecule has 0 spiro atoms. The fourth-order valence-electron chi connectivity index (χ4n) is 3.07. The molecule has 126 valence electrons. The number of carbonyl (C=O) groups is 2. The molecular formula is C16H21NO5S. The number of sulfone groups is 1. The third-order valence-electron chi connectivity index (χ3n) is 4.15. The monoisotopic (exact) mass is 339 g/mol. The summed E-state index contributed by atoms with van der Waals surface area (Å²) >= 11 is 0. The van der Waals surface area contributed by atoms with Gasteiger partial charge in [-0.25, -0.2) is 8.42 Å². The summed E-state index contributed by atoms with van der Waals surface area (Å²) in [5.41, 5.74) is 0.0999. The first-order valence-corrected chi connectivity index (χ1v) is 9.56. The van der Waals surface area contributed by atoms with Crippen LogP contribution in [0.5, 0.6) is 0 Å². The molecule has 2 rings (SSSR count). The summed E-state index contributed by atoms with van der Waals surface area (Å²) < 4.78 is 22.7. The lowest BCUT2D eigenvalue weighted by molar-refractivity contribution is -0.150. The maximum Gasteiger partial charge on any atom is 0.310 e. The van der Waals surface area contributed by atoms with Gasteiger partial charge in [-0.1, -0.05) is 25.0 Å². The van der Waals surface area contributed by atoms with Gasteiger partial charge in [0.2, 0.25) is 5.91 Å². The Morgan fingerprint density at radius 2 is 1.91 bits per heavy atom. The number of carboxylic acids is 1. The van der Waals surface area contributed by atoms with Crippen molar-refractivity contribution in [3.63, 3.8) is 0 Å². The lowest BCUT2D eigenvalue weighted by Crippen LogP contribution is -2.32. The second-order valence-corrected chi connectivity index (χ2v) is 8.43. The Kier molecular flexibility index (Phi) is 5.09. The van der Waals surface area contributed by atoms with Crippen molar-refractivity contribution in [1.29, 1.82) is 0 Å². The van der Waals surface area contributed by atoms with Crippen molar-refractivity contribution in [1.82, 2.24) is 0 Å². The maximum absolute atomic E-state index is 12.2. The first-order chi connectivity index (χ1) is 10.7. The van der Waals surface area contributed by atoms with E-state index in [0.29, 0.717) is 24.1 Å². The number of aliphatic carboxylic acids is 1. The van der Waals surface area contributed by atoms with Gasteiger partial charge in [0.15, 0.2) is 9.84 Å². The van der Waals surface area contributed by atoms with Crippen LogP contribution in [0.15, 0.2) is 24.3 Å². The minimum absolute atomic E-state index is 0.0569. The molecule has 0 heterocycles. The first kappa shape index (κ1) is 17.5. The van der Waals surface area contributed by atoms with Gasteiger partial charge >= 0.3 is 5.97 Å². The minimum atomic E-state index is -3.15. The lowest BCUT2D eigenvalue weighted by atomic mass is 9.82. The predicted molar refractivity (Wildman–Crippen MR) is 86.8 cm³/mol. The summed E-state index contributed by atoms with van der Waals surface area (Å²) in [6.45, 7) is 0. The third-order valence-corrected chi connectivity index (χ3v) is 5.01. The highest BCUT2D eigenvalue weighted by Gasteiger charge is 2.42. The number of rotatable bonds is 6. The third kappa shape index (κ3) is 4.79. The molecule has 0 bridgehead atoms. The molecular weight excluding hydrogens is 318 g/mol. The molecule has 1 saturated carbocycles. The van der Waals surface area contributed by atoms with E-state index >= 15 is 0 Å².